The molecule has 14 heteroatoms. The number of halogens is 1. The van der Waals surface area contributed by atoms with Gasteiger partial charge in [0.2, 0.25) is 29.5 Å². The minimum atomic E-state index is -1.11. The number of rotatable bonds is 5. The fourth-order valence-corrected chi connectivity index (χ4v) is 6.60. The van der Waals surface area contributed by atoms with E-state index in [2.05, 4.69) is 21.3 Å². The molecule has 1 aliphatic heterocycles. The molecule has 0 unspecified atom stereocenters. The second-order valence-electron chi connectivity index (χ2n) is 12.7. The van der Waals surface area contributed by atoms with E-state index in [0.29, 0.717) is 5.56 Å². The van der Waals surface area contributed by atoms with Crippen molar-refractivity contribution >= 4 is 58.4 Å². The summed E-state index contributed by atoms with van der Waals surface area (Å²) in [7, 11) is 1.45. The topological polar surface area (TPSA) is 157 Å². The highest BCUT2D eigenvalue weighted by molar-refractivity contribution is 7.12. The third-order valence-corrected chi connectivity index (χ3v) is 9.91. The molecular weight excluding hydrogens is 680 g/mol. The summed E-state index contributed by atoms with van der Waals surface area (Å²) < 4.78 is 0. The van der Waals surface area contributed by atoms with Crippen LogP contribution in [0, 0.1) is 5.92 Å². The summed E-state index contributed by atoms with van der Waals surface area (Å²) >= 11 is 7.47. The molecule has 1 aliphatic rings. The van der Waals surface area contributed by atoms with E-state index in [1.807, 2.05) is 30.3 Å². The number of carbonyl (C=O) groups excluding carboxylic acids is 6. The molecule has 4 N–H and O–H groups in total. The molecule has 1 aromatic heterocycles. The first-order valence-corrected chi connectivity index (χ1v) is 17.6. The van der Waals surface area contributed by atoms with Crippen LogP contribution in [0.3, 0.4) is 0 Å². The minimum absolute atomic E-state index is 0.104. The average Bonchev–Trinajstić information content (AvgIpc) is 3.53. The summed E-state index contributed by atoms with van der Waals surface area (Å²) in [6.45, 7) is 5.92. The Morgan fingerprint density at radius 3 is 2.10 bits per heavy atom. The average molecular weight is 723 g/mol. The fourth-order valence-electron chi connectivity index (χ4n) is 5.50. The van der Waals surface area contributed by atoms with Crippen LogP contribution in [0.5, 0.6) is 0 Å². The van der Waals surface area contributed by atoms with Gasteiger partial charge in [-0.25, -0.2) is 0 Å². The lowest BCUT2D eigenvalue weighted by Crippen LogP contribution is -2.59. The zero-order valence-corrected chi connectivity index (χ0v) is 30.2. The van der Waals surface area contributed by atoms with Gasteiger partial charge in [0.15, 0.2) is 0 Å². The largest absolute Gasteiger partial charge is 0.346 e. The van der Waals surface area contributed by atoms with Crippen LogP contribution in [-0.4, -0.2) is 89.5 Å². The number of thiophene rings is 1. The minimum Gasteiger partial charge on any atom is -0.346 e. The predicted octanol–water partition coefficient (Wildman–Crippen LogP) is 2.93. The highest BCUT2D eigenvalue weighted by atomic mass is 35.5. The van der Waals surface area contributed by atoms with E-state index in [-0.39, 0.29) is 28.8 Å². The Bertz CT molecular complexity index is 1690. The Labute approximate surface area is 300 Å². The molecule has 0 aliphatic carbocycles. The van der Waals surface area contributed by atoms with Gasteiger partial charge in [0.25, 0.3) is 5.91 Å². The SMILES string of the molecule is CC(C)[C@H]1NC(=O)[C@H](C)N(C)C(=O)[C@H](Cc2ccccc2)NC(=O)CN(C(=O)c2sccc2Cl)C[C@@H](c2ccccc2)NC(=O)[C@H](C)NC1=O. The van der Waals surface area contributed by atoms with Gasteiger partial charge in [0.05, 0.1) is 17.6 Å². The van der Waals surface area contributed by atoms with E-state index in [0.717, 1.165) is 16.9 Å². The van der Waals surface area contributed by atoms with Crippen molar-refractivity contribution in [2.75, 3.05) is 20.1 Å². The molecule has 2 aromatic carbocycles. The van der Waals surface area contributed by atoms with Crippen molar-refractivity contribution in [3.63, 3.8) is 0 Å². The maximum Gasteiger partial charge on any atom is 0.266 e. The van der Waals surface area contributed by atoms with Gasteiger partial charge in [0, 0.05) is 20.0 Å². The smallest absolute Gasteiger partial charge is 0.266 e. The highest BCUT2D eigenvalue weighted by Gasteiger charge is 2.35. The third kappa shape index (κ3) is 9.69. The molecule has 3 aromatic rings. The Morgan fingerprint density at radius 2 is 1.50 bits per heavy atom. The van der Waals surface area contributed by atoms with E-state index < -0.39 is 72.2 Å². The quantitative estimate of drug-likeness (QED) is 0.317. The Balaban J connectivity index is 1.78. The van der Waals surface area contributed by atoms with Crippen molar-refractivity contribution in [1.29, 1.82) is 0 Å². The van der Waals surface area contributed by atoms with Crippen LogP contribution in [0.25, 0.3) is 0 Å². The molecule has 266 valence electrons. The molecule has 1 fully saturated rings. The maximum atomic E-state index is 14.0. The fraction of sp³-hybridized carbons (Fsp3) is 0.389. The van der Waals surface area contributed by atoms with Crippen molar-refractivity contribution in [2.45, 2.75) is 64.3 Å². The molecular formula is C36H43ClN6O6S. The van der Waals surface area contributed by atoms with Crippen LogP contribution < -0.4 is 21.3 Å². The van der Waals surface area contributed by atoms with Crippen LogP contribution in [0.4, 0.5) is 0 Å². The lowest BCUT2D eigenvalue weighted by atomic mass is 10.0. The molecule has 0 bridgehead atoms. The number of carbonyl (C=O) groups is 6. The van der Waals surface area contributed by atoms with Gasteiger partial charge in [-0.1, -0.05) is 86.1 Å². The van der Waals surface area contributed by atoms with Crippen molar-refractivity contribution < 1.29 is 28.8 Å². The van der Waals surface area contributed by atoms with Gasteiger partial charge in [-0.2, -0.15) is 0 Å². The van der Waals surface area contributed by atoms with Gasteiger partial charge < -0.3 is 31.1 Å². The van der Waals surface area contributed by atoms with E-state index in [1.165, 1.54) is 30.7 Å². The van der Waals surface area contributed by atoms with Gasteiger partial charge in [-0.05, 0) is 42.3 Å². The maximum absolute atomic E-state index is 14.0. The molecule has 0 saturated carbocycles. The first-order valence-electron chi connectivity index (χ1n) is 16.3. The number of likely N-dealkylation sites (N-methyl/N-ethyl adjacent to an activating group) is 1. The molecule has 5 atom stereocenters. The number of nitrogens with zero attached hydrogens (tertiary/aromatic N) is 2. The summed E-state index contributed by atoms with van der Waals surface area (Å²) in [6.07, 6.45) is 0.104. The Morgan fingerprint density at radius 1 is 0.860 bits per heavy atom. The van der Waals surface area contributed by atoms with Crippen LogP contribution in [-0.2, 0) is 30.4 Å². The Kier molecular flexibility index (Phi) is 13.1. The van der Waals surface area contributed by atoms with Crippen molar-refractivity contribution in [1.82, 2.24) is 31.1 Å². The van der Waals surface area contributed by atoms with Gasteiger partial charge >= 0.3 is 0 Å². The lowest BCUT2D eigenvalue weighted by Gasteiger charge is -2.33. The number of hydrogen-bond acceptors (Lipinski definition) is 7. The zero-order chi connectivity index (χ0) is 36.5. The van der Waals surface area contributed by atoms with Crippen molar-refractivity contribution in [3.05, 3.63) is 93.1 Å². The summed E-state index contributed by atoms with van der Waals surface area (Å²) in [6, 6.07) is 14.6. The van der Waals surface area contributed by atoms with E-state index in [9.17, 15) is 28.8 Å². The number of hydrogen-bond donors (Lipinski definition) is 4. The predicted molar refractivity (Wildman–Crippen MR) is 191 cm³/mol. The summed E-state index contributed by atoms with van der Waals surface area (Å²) in [5.74, 6) is -3.79. The molecule has 6 amide bonds. The second-order valence-corrected chi connectivity index (χ2v) is 14.0. The van der Waals surface area contributed by atoms with Crippen LogP contribution in [0.2, 0.25) is 5.02 Å². The molecule has 1 saturated heterocycles. The van der Waals surface area contributed by atoms with E-state index >= 15 is 0 Å². The zero-order valence-electron chi connectivity index (χ0n) is 28.6. The van der Waals surface area contributed by atoms with Crippen LogP contribution in [0.1, 0.15) is 54.5 Å². The monoisotopic (exact) mass is 722 g/mol. The van der Waals surface area contributed by atoms with E-state index in [1.54, 1.807) is 55.6 Å². The highest BCUT2D eigenvalue weighted by Crippen LogP contribution is 2.25. The standard InChI is InChI=1S/C36H43ClN6O6S/c1-21(2)30-34(47)38-22(3)32(45)40-28(25-14-10-7-11-15-25)19-43(36(49)31-26(37)16-17-50-31)20-29(44)39-27(18-24-12-8-6-9-13-24)35(48)42(5)23(4)33(46)41-30/h6-17,21-23,27-28,30H,18-20H2,1-5H3,(H,38,47)(H,39,44)(H,40,45)(H,41,46)/t22-,23-,27-,28-,30+/m0/s1. The normalized spacial score (nSPS) is 23.3. The van der Waals surface area contributed by atoms with E-state index in [4.69, 9.17) is 11.6 Å². The summed E-state index contributed by atoms with van der Waals surface area (Å²) in [5.41, 5.74) is 1.40. The first kappa shape index (κ1) is 38.1. The first-order chi connectivity index (χ1) is 23.8. The molecule has 0 spiro atoms. The van der Waals surface area contributed by atoms with Crippen LogP contribution in [0.15, 0.2) is 72.1 Å². The summed E-state index contributed by atoms with van der Waals surface area (Å²) in [4.78, 5) is 85.0. The molecule has 2 heterocycles. The van der Waals surface area contributed by atoms with Crippen LogP contribution >= 0.6 is 22.9 Å². The van der Waals surface area contributed by atoms with Crippen molar-refractivity contribution in [2.24, 2.45) is 5.92 Å². The number of nitrogens with one attached hydrogen (secondary N) is 4. The second kappa shape index (κ2) is 17.3. The molecule has 12 nitrogen and oxygen atoms in total. The van der Waals surface area contributed by atoms with Gasteiger partial charge in [-0.15, -0.1) is 11.3 Å². The van der Waals surface area contributed by atoms with Crippen molar-refractivity contribution in [3.8, 4) is 0 Å². The third-order valence-electron chi connectivity index (χ3n) is 8.58. The Hall–Kier alpha value is -4.75. The molecule has 4 rings (SSSR count). The number of benzene rings is 2. The lowest BCUT2D eigenvalue weighted by molar-refractivity contribution is -0.142. The molecule has 50 heavy (non-hydrogen) atoms. The number of amides is 6. The molecule has 0 radical (unpaired) electrons. The van der Waals surface area contributed by atoms with Gasteiger partial charge in [-0.3, -0.25) is 28.8 Å². The van der Waals surface area contributed by atoms with Gasteiger partial charge in [0.1, 0.15) is 29.0 Å². The summed E-state index contributed by atoms with van der Waals surface area (Å²) in [5, 5.41) is 13.0.